The van der Waals surface area contributed by atoms with E-state index >= 15 is 0 Å². The van der Waals surface area contributed by atoms with Gasteiger partial charge in [0, 0.05) is 21.9 Å². The summed E-state index contributed by atoms with van der Waals surface area (Å²) in [4.78, 5) is 31.5. The van der Waals surface area contributed by atoms with Gasteiger partial charge < -0.3 is 19.1 Å². The molecule has 0 aliphatic heterocycles. The molecule has 1 amide bonds. The van der Waals surface area contributed by atoms with E-state index in [-0.39, 0.29) is 18.2 Å². The zero-order chi connectivity index (χ0) is 30.1. The molecule has 5 rings (SSSR count). The van der Waals surface area contributed by atoms with Crippen LogP contribution in [0.1, 0.15) is 71.4 Å². The zero-order valence-electron chi connectivity index (χ0n) is 24.5. The third-order valence-corrected chi connectivity index (χ3v) is 9.69. The second kappa shape index (κ2) is 12.4. The van der Waals surface area contributed by atoms with Gasteiger partial charge in [-0.15, -0.1) is 11.3 Å². The number of ether oxygens (including phenoxy) is 2. The lowest BCUT2D eigenvalue weighted by atomic mass is 9.79. The molecule has 0 spiro atoms. The molecule has 0 saturated heterocycles. The Hall–Kier alpha value is -3.56. The number of thiazole rings is 1. The maximum atomic E-state index is 13.8. The average Bonchev–Trinajstić information content (AvgIpc) is 3.54. The van der Waals surface area contributed by atoms with Crippen LogP contribution in [0.2, 0.25) is 5.02 Å². The van der Waals surface area contributed by atoms with Crippen LogP contribution >= 0.6 is 22.9 Å². The van der Waals surface area contributed by atoms with Crippen molar-refractivity contribution in [3.63, 3.8) is 0 Å². The number of nitrogens with one attached hydrogen (secondary N) is 1. The second-order valence-electron chi connectivity index (χ2n) is 11.1. The Balaban J connectivity index is 1.59. The summed E-state index contributed by atoms with van der Waals surface area (Å²) in [5, 5.41) is 14.3. The van der Waals surface area contributed by atoms with Gasteiger partial charge in [0.2, 0.25) is 0 Å². The van der Waals surface area contributed by atoms with E-state index < -0.39 is 11.9 Å². The number of hydrogen-bond donors (Lipinski definition) is 2. The number of hydrogen-bond acceptors (Lipinski definition) is 6. The van der Waals surface area contributed by atoms with Gasteiger partial charge in [0.05, 0.1) is 30.5 Å². The Kier molecular flexibility index (Phi) is 8.80. The molecule has 1 aliphatic rings. The molecule has 2 heterocycles. The first-order valence-electron chi connectivity index (χ1n) is 14.2. The van der Waals surface area contributed by atoms with Gasteiger partial charge in [0.15, 0.2) is 5.13 Å². The van der Waals surface area contributed by atoms with Gasteiger partial charge in [0.25, 0.3) is 5.91 Å². The third-order valence-electron chi connectivity index (χ3n) is 8.23. The number of nitrogens with zero attached hydrogens (tertiary/aromatic N) is 2. The molecule has 222 valence electrons. The maximum Gasteiger partial charge on any atom is 0.323 e. The van der Waals surface area contributed by atoms with Crippen LogP contribution in [0.4, 0.5) is 5.13 Å². The number of carboxylic acid groups (broad SMARTS) is 1. The summed E-state index contributed by atoms with van der Waals surface area (Å²) in [5.74, 6) is 0.345. The number of carboxylic acids is 1. The highest BCUT2D eigenvalue weighted by atomic mass is 35.5. The van der Waals surface area contributed by atoms with Crippen molar-refractivity contribution in [1.29, 1.82) is 0 Å². The normalized spacial score (nSPS) is 14.6. The number of carbonyl (C=O) groups excluding carboxylic acids is 1. The summed E-state index contributed by atoms with van der Waals surface area (Å²) >= 11 is 7.87. The molecule has 2 N–H and O–H groups in total. The van der Waals surface area contributed by atoms with Crippen molar-refractivity contribution < 1.29 is 24.2 Å². The Bertz CT molecular complexity index is 1650. The van der Waals surface area contributed by atoms with Gasteiger partial charge in [-0.2, -0.15) is 0 Å². The number of halogens is 1. The first kappa shape index (κ1) is 29.9. The van der Waals surface area contributed by atoms with Crippen molar-refractivity contribution in [3.8, 4) is 22.8 Å². The molecule has 42 heavy (non-hydrogen) atoms. The number of carbonyl (C=O) groups is 2. The first-order valence-corrected chi connectivity index (χ1v) is 15.4. The number of fused-ring (bicyclic) bond motifs is 1. The number of rotatable bonds is 9. The van der Waals surface area contributed by atoms with Crippen molar-refractivity contribution in [1.82, 2.24) is 9.55 Å². The van der Waals surface area contributed by atoms with Gasteiger partial charge in [-0.1, -0.05) is 49.4 Å². The van der Waals surface area contributed by atoms with Crippen LogP contribution < -0.4 is 14.8 Å². The summed E-state index contributed by atoms with van der Waals surface area (Å²) in [6.07, 6.45) is 5.96. The topological polar surface area (TPSA) is 103 Å². The molecule has 8 nitrogen and oxygen atoms in total. The second-order valence-corrected chi connectivity index (χ2v) is 12.5. The Morgan fingerprint density at radius 3 is 2.48 bits per heavy atom. The molecule has 1 unspecified atom stereocenters. The summed E-state index contributed by atoms with van der Waals surface area (Å²) in [5.41, 5.74) is 4.41. The van der Waals surface area contributed by atoms with Crippen LogP contribution in [0, 0.1) is 19.8 Å². The lowest BCUT2D eigenvalue weighted by Crippen LogP contribution is -2.20. The quantitative estimate of drug-likeness (QED) is 0.199. The van der Waals surface area contributed by atoms with Crippen LogP contribution in [0.5, 0.6) is 11.5 Å². The van der Waals surface area contributed by atoms with E-state index in [1.54, 1.807) is 30.9 Å². The van der Waals surface area contributed by atoms with Crippen LogP contribution in [0.25, 0.3) is 22.2 Å². The number of anilines is 1. The number of methoxy groups -OCH3 is 2. The zero-order valence-corrected chi connectivity index (χ0v) is 26.1. The largest absolute Gasteiger partial charge is 0.496 e. The Morgan fingerprint density at radius 1 is 1.10 bits per heavy atom. The number of aryl methyl sites for hydroxylation is 2. The molecule has 4 aromatic rings. The molecular weight excluding hydrogens is 574 g/mol. The molecule has 1 saturated carbocycles. The van der Waals surface area contributed by atoms with Crippen molar-refractivity contribution >= 4 is 50.8 Å². The van der Waals surface area contributed by atoms with E-state index in [1.165, 1.54) is 30.6 Å². The van der Waals surface area contributed by atoms with E-state index in [0.717, 1.165) is 51.0 Å². The average molecular weight is 610 g/mol. The molecule has 10 heteroatoms. The fraction of sp³-hybridized carbons (Fsp3) is 0.406. The van der Waals surface area contributed by atoms with E-state index in [1.807, 2.05) is 32.0 Å². The fourth-order valence-electron chi connectivity index (χ4n) is 6.25. The summed E-state index contributed by atoms with van der Waals surface area (Å²) in [6, 6.07) is 9.25. The maximum absolute atomic E-state index is 13.8. The van der Waals surface area contributed by atoms with Gasteiger partial charge in [0.1, 0.15) is 23.7 Å². The lowest BCUT2D eigenvalue weighted by Gasteiger charge is -2.27. The highest BCUT2D eigenvalue weighted by molar-refractivity contribution is 7.16. The van der Waals surface area contributed by atoms with E-state index in [4.69, 9.17) is 26.1 Å². The number of aromatic nitrogens is 2. The molecule has 0 bridgehead atoms. The van der Waals surface area contributed by atoms with Crippen molar-refractivity contribution in [2.75, 3.05) is 19.5 Å². The van der Waals surface area contributed by atoms with Crippen molar-refractivity contribution in [2.24, 2.45) is 5.92 Å². The van der Waals surface area contributed by atoms with Crippen LogP contribution in [-0.4, -0.2) is 40.8 Å². The highest BCUT2D eigenvalue weighted by Crippen LogP contribution is 2.47. The minimum Gasteiger partial charge on any atom is -0.496 e. The molecule has 1 fully saturated rings. The fourth-order valence-corrected chi connectivity index (χ4v) is 7.60. The van der Waals surface area contributed by atoms with E-state index in [2.05, 4.69) is 12.2 Å². The smallest absolute Gasteiger partial charge is 0.323 e. The SMILES string of the molecule is COc1cc(-c2nc(NC(=O)c3cc4cc(C)cc(C)c4n3CC(=O)O)sc2C(C)C2CCCCC2)c(OC)cc1Cl. The molecule has 2 aromatic heterocycles. The van der Waals surface area contributed by atoms with Crippen LogP contribution in [0.3, 0.4) is 0 Å². The standard InChI is InChI=1S/C32H36ClN3O5S/c1-17-11-18(2)29-21(12-17)13-24(36(29)16-27(37)38)31(39)35-32-34-28(22-14-26(41-5)23(33)15-25(22)40-4)30(42-32)19(3)20-9-7-6-8-10-20/h11-15,19-20H,6-10,16H2,1-5H3,(H,37,38)(H,34,35,39). The Morgan fingerprint density at radius 2 is 1.81 bits per heavy atom. The van der Waals surface area contributed by atoms with Gasteiger partial charge >= 0.3 is 5.97 Å². The van der Waals surface area contributed by atoms with Crippen molar-refractivity contribution in [2.45, 2.75) is 65.3 Å². The monoisotopic (exact) mass is 609 g/mol. The lowest BCUT2D eigenvalue weighted by molar-refractivity contribution is -0.137. The minimum absolute atomic E-state index is 0.207. The Labute approximate surface area is 254 Å². The molecule has 1 aliphatic carbocycles. The molecule has 2 aromatic carbocycles. The molecular formula is C32H36ClN3O5S. The number of aliphatic carboxylic acids is 1. The first-order chi connectivity index (χ1) is 20.1. The van der Waals surface area contributed by atoms with Gasteiger partial charge in [-0.05, 0) is 62.3 Å². The summed E-state index contributed by atoms with van der Waals surface area (Å²) in [7, 11) is 3.15. The molecule has 1 atom stereocenters. The minimum atomic E-state index is -1.02. The number of amides is 1. The van der Waals surface area contributed by atoms with Crippen LogP contribution in [0.15, 0.2) is 30.3 Å². The molecule has 0 radical (unpaired) electrons. The summed E-state index contributed by atoms with van der Waals surface area (Å²) in [6.45, 7) is 5.81. The van der Waals surface area contributed by atoms with Crippen LogP contribution in [-0.2, 0) is 11.3 Å². The number of benzene rings is 2. The van der Waals surface area contributed by atoms with E-state index in [0.29, 0.717) is 27.6 Å². The highest BCUT2D eigenvalue weighted by Gasteiger charge is 2.29. The summed E-state index contributed by atoms with van der Waals surface area (Å²) < 4.78 is 12.8. The van der Waals surface area contributed by atoms with Crippen molar-refractivity contribution in [3.05, 3.63) is 57.1 Å². The predicted octanol–water partition coefficient (Wildman–Crippen LogP) is 8.07. The predicted molar refractivity (Wildman–Crippen MR) is 168 cm³/mol. The van der Waals surface area contributed by atoms with E-state index in [9.17, 15) is 14.7 Å². The van der Waals surface area contributed by atoms with Gasteiger partial charge in [-0.3, -0.25) is 14.9 Å². The third kappa shape index (κ3) is 5.85. The van der Waals surface area contributed by atoms with Gasteiger partial charge in [-0.25, -0.2) is 4.98 Å².